The van der Waals surface area contributed by atoms with Crippen LogP contribution in [0, 0.1) is 0 Å². The summed E-state index contributed by atoms with van der Waals surface area (Å²) in [7, 11) is 3.70. The lowest BCUT2D eigenvalue weighted by Gasteiger charge is -2.12. The molecule has 1 aromatic rings. The third-order valence-corrected chi connectivity index (χ3v) is 3.40. The molecular formula is C10H17NOS. The summed E-state index contributed by atoms with van der Waals surface area (Å²) in [6, 6.07) is 4.72. The monoisotopic (exact) mass is 199 g/mol. The molecule has 1 unspecified atom stereocenters. The number of nitrogens with one attached hydrogen (secondary N) is 1. The Bertz CT molecular complexity index is 247. The molecule has 0 fully saturated rings. The van der Waals surface area contributed by atoms with E-state index in [2.05, 4.69) is 24.4 Å². The molecule has 0 aliphatic rings. The lowest BCUT2D eigenvalue weighted by Crippen LogP contribution is -2.19. The Labute approximate surface area is 83.9 Å². The first kappa shape index (κ1) is 10.7. The van der Waals surface area contributed by atoms with Gasteiger partial charge >= 0.3 is 0 Å². The van der Waals surface area contributed by atoms with Gasteiger partial charge in [-0.05, 0) is 25.6 Å². The minimum Gasteiger partial charge on any atom is -0.383 e. The topological polar surface area (TPSA) is 21.3 Å². The molecule has 3 heteroatoms. The summed E-state index contributed by atoms with van der Waals surface area (Å²) in [5, 5.41) is 3.24. The van der Waals surface area contributed by atoms with Gasteiger partial charge in [-0.1, -0.05) is 6.92 Å². The van der Waals surface area contributed by atoms with Crippen molar-refractivity contribution in [1.82, 2.24) is 5.32 Å². The molecule has 0 spiro atoms. The van der Waals surface area contributed by atoms with Gasteiger partial charge in [-0.2, -0.15) is 0 Å². The SMILES string of the molecule is CCc1ccc(C(COC)NC)s1. The highest BCUT2D eigenvalue weighted by Crippen LogP contribution is 2.23. The minimum absolute atomic E-state index is 0.343. The lowest BCUT2D eigenvalue weighted by atomic mass is 10.2. The van der Waals surface area contributed by atoms with Gasteiger partial charge < -0.3 is 10.1 Å². The quantitative estimate of drug-likeness (QED) is 0.785. The van der Waals surface area contributed by atoms with Gasteiger partial charge in [0.2, 0.25) is 0 Å². The van der Waals surface area contributed by atoms with E-state index in [1.807, 2.05) is 18.4 Å². The highest BCUT2D eigenvalue weighted by Gasteiger charge is 2.10. The third-order valence-electron chi connectivity index (χ3n) is 2.06. The van der Waals surface area contributed by atoms with Crippen LogP contribution >= 0.6 is 11.3 Å². The summed E-state index contributed by atoms with van der Waals surface area (Å²) in [5.41, 5.74) is 0. The van der Waals surface area contributed by atoms with E-state index in [0.717, 1.165) is 13.0 Å². The summed E-state index contributed by atoms with van der Waals surface area (Å²) >= 11 is 1.86. The predicted molar refractivity (Wildman–Crippen MR) is 57.4 cm³/mol. The van der Waals surface area contributed by atoms with Gasteiger partial charge in [-0.15, -0.1) is 11.3 Å². The van der Waals surface area contributed by atoms with E-state index in [1.165, 1.54) is 9.75 Å². The van der Waals surface area contributed by atoms with Crippen LogP contribution in [0.25, 0.3) is 0 Å². The van der Waals surface area contributed by atoms with E-state index < -0.39 is 0 Å². The maximum atomic E-state index is 5.14. The van der Waals surface area contributed by atoms with E-state index in [9.17, 15) is 0 Å². The normalized spacial score (nSPS) is 13.2. The first-order chi connectivity index (χ1) is 6.31. The average Bonchev–Trinajstić information content (AvgIpc) is 2.62. The van der Waals surface area contributed by atoms with Crippen molar-refractivity contribution >= 4 is 11.3 Å². The Morgan fingerprint density at radius 3 is 2.77 bits per heavy atom. The number of ether oxygens (including phenoxy) is 1. The maximum Gasteiger partial charge on any atom is 0.0665 e. The van der Waals surface area contributed by atoms with Gasteiger partial charge in [0.15, 0.2) is 0 Å². The van der Waals surface area contributed by atoms with Crippen molar-refractivity contribution < 1.29 is 4.74 Å². The minimum atomic E-state index is 0.343. The van der Waals surface area contributed by atoms with Gasteiger partial charge in [-0.25, -0.2) is 0 Å². The third kappa shape index (κ3) is 2.79. The lowest BCUT2D eigenvalue weighted by molar-refractivity contribution is 0.171. The number of methoxy groups -OCH3 is 1. The molecule has 0 aliphatic heterocycles. The molecule has 0 amide bonds. The molecule has 74 valence electrons. The second-order valence-electron chi connectivity index (χ2n) is 2.95. The van der Waals surface area contributed by atoms with Crippen LogP contribution in [-0.2, 0) is 11.2 Å². The van der Waals surface area contributed by atoms with Crippen molar-refractivity contribution in [2.45, 2.75) is 19.4 Å². The summed E-state index contributed by atoms with van der Waals surface area (Å²) in [6.45, 7) is 2.92. The molecule has 0 saturated heterocycles. The van der Waals surface area contributed by atoms with Crippen molar-refractivity contribution in [2.24, 2.45) is 0 Å². The van der Waals surface area contributed by atoms with Gasteiger partial charge in [0.05, 0.1) is 12.6 Å². The van der Waals surface area contributed by atoms with Crippen LogP contribution in [0.4, 0.5) is 0 Å². The summed E-state index contributed by atoms with van der Waals surface area (Å²) in [4.78, 5) is 2.80. The molecular weight excluding hydrogens is 182 g/mol. The van der Waals surface area contributed by atoms with Gasteiger partial charge in [0, 0.05) is 16.9 Å². The van der Waals surface area contributed by atoms with E-state index in [4.69, 9.17) is 4.74 Å². The molecule has 13 heavy (non-hydrogen) atoms. The highest BCUT2D eigenvalue weighted by molar-refractivity contribution is 7.12. The van der Waals surface area contributed by atoms with Crippen molar-refractivity contribution in [3.8, 4) is 0 Å². The molecule has 0 saturated carbocycles. The van der Waals surface area contributed by atoms with E-state index in [0.29, 0.717) is 6.04 Å². The van der Waals surface area contributed by atoms with Crippen molar-refractivity contribution in [1.29, 1.82) is 0 Å². The fourth-order valence-electron chi connectivity index (χ4n) is 1.25. The zero-order valence-corrected chi connectivity index (χ0v) is 9.28. The second kappa shape index (κ2) is 5.37. The summed E-state index contributed by atoms with van der Waals surface area (Å²) in [6.07, 6.45) is 1.12. The number of aryl methyl sites for hydroxylation is 1. The summed E-state index contributed by atoms with van der Waals surface area (Å²) in [5.74, 6) is 0. The fourth-order valence-corrected chi connectivity index (χ4v) is 2.29. The molecule has 0 bridgehead atoms. The zero-order chi connectivity index (χ0) is 9.68. The average molecular weight is 199 g/mol. The maximum absolute atomic E-state index is 5.14. The molecule has 1 aromatic heterocycles. The molecule has 2 nitrogen and oxygen atoms in total. The molecule has 1 N–H and O–H groups in total. The highest BCUT2D eigenvalue weighted by atomic mass is 32.1. The molecule has 1 atom stereocenters. The van der Waals surface area contributed by atoms with Gasteiger partial charge in [-0.3, -0.25) is 0 Å². The van der Waals surface area contributed by atoms with Crippen LogP contribution < -0.4 is 5.32 Å². The molecule has 1 rings (SSSR count). The standard InChI is InChI=1S/C10H17NOS/c1-4-8-5-6-10(13-8)9(11-2)7-12-3/h5-6,9,11H,4,7H2,1-3H3. The molecule has 0 aromatic carbocycles. The second-order valence-corrected chi connectivity index (χ2v) is 4.15. The number of thiophene rings is 1. The van der Waals surface area contributed by atoms with Crippen molar-refractivity contribution in [2.75, 3.05) is 20.8 Å². The number of hydrogen-bond acceptors (Lipinski definition) is 3. The Morgan fingerprint density at radius 2 is 2.31 bits per heavy atom. The zero-order valence-electron chi connectivity index (χ0n) is 8.46. The number of hydrogen-bond donors (Lipinski definition) is 1. The Morgan fingerprint density at radius 1 is 1.54 bits per heavy atom. The van der Waals surface area contributed by atoms with Crippen LogP contribution in [0.1, 0.15) is 22.7 Å². The fraction of sp³-hybridized carbons (Fsp3) is 0.600. The molecule has 1 heterocycles. The smallest absolute Gasteiger partial charge is 0.0665 e. The Kier molecular flexibility index (Phi) is 4.42. The van der Waals surface area contributed by atoms with Crippen LogP contribution in [-0.4, -0.2) is 20.8 Å². The molecule has 0 aliphatic carbocycles. The van der Waals surface area contributed by atoms with E-state index in [-0.39, 0.29) is 0 Å². The van der Waals surface area contributed by atoms with E-state index in [1.54, 1.807) is 7.11 Å². The van der Waals surface area contributed by atoms with E-state index >= 15 is 0 Å². The Balaban J connectivity index is 2.67. The van der Waals surface area contributed by atoms with Crippen molar-refractivity contribution in [3.05, 3.63) is 21.9 Å². The number of rotatable bonds is 5. The van der Waals surface area contributed by atoms with Crippen LogP contribution in [0.15, 0.2) is 12.1 Å². The Hall–Kier alpha value is -0.380. The van der Waals surface area contributed by atoms with Crippen LogP contribution in [0.3, 0.4) is 0 Å². The largest absolute Gasteiger partial charge is 0.383 e. The molecule has 0 radical (unpaired) electrons. The van der Waals surface area contributed by atoms with Crippen LogP contribution in [0.2, 0.25) is 0 Å². The van der Waals surface area contributed by atoms with Crippen molar-refractivity contribution in [3.63, 3.8) is 0 Å². The summed E-state index contributed by atoms with van der Waals surface area (Å²) < 4.78 is 5.14. The van der Waals surface area contributed by atoms with Crippen LogP contribution in [0.5, 0.6) is 0 Å². The van der Waals surface area contributed by atoms with Gasteiger partial charge in [0.25, 0.3) is 0 Å². The predicted octanol–water partition coefficient (Wildman–Crippen LogP) is 2.22. The first-order valence-corrected chi connectivity index (χ1v) is 5.38. The van der Waals surface area contributed by atoms with Gasteiger partial charge in [0.1, 0.15) is 0 Å². The number of likely N-dealkylation sites (N-methyl/N-ethyl adjacent to an activating group) is 1. The first-order valence-electron chi connectivity index (χ1n) is 4.56.